The van der Waals surface area contributed by atoms with Gasteiger partial charge in [-0.2, -0.15) is 0 Å². The average Bonchev–Trinajstić information content (AvgIpc) is 2.82. The van der Waals surface area contributed by atoms with Crippen molar-refractivity contribution in [2.24, 2.45) is 28.6 Å². The molecule has 0 aromatic rings. The van der Waals surface area contributed by atoms with Gasteiger partial charge in [0.2, 0.25) is 0 Å². The molecule has 3 heteroatoms. The van der Waals surface area contributed by atoms with Crippen LogP contribution in [0.2, 0.25) is 0 Å². The molecule has 2 saturated carbocycles. The number of aliphatic hydroxyl groups excluding tert-OH is 1. The molecule has 0 saturated heterocycles. The van der Waals surface area contributed by atoms with E-state index >= 15 is 0 Å². The lowest BCUT2D eigenvalue weighted by molar-refractivity contribution is -0.137. The second-order valence-electron chi connectivity index (χ2n) is 8.61. The summed E-state index contributed by atoms with van der Waals surface area (Å²) >= 11 is 0. The average molecular weight is 328 g/mol. The third-order valence-corrected chi connectivity index (χ3v) is 7.45. The highest BCUT2D eigenvalue weighted by molar-refractivity contribution is 5.68. The van der Waals surface area contributed by atoms with Crippen LogP contribution in [0.4, 0.5) is 0 Å². The van der Waals surface area contributed by atoms with Crippen molar-refractivity contribution in [1.82, 2.24) is 0 Å². The fourth-order valence-electron chi connectivity index (χ4n) is 6.12. The number of ether oxygens (including phenoxy) is 1. The number of allylic oxidation sites excluding steroid dienone is 5. The Kier molecular flexibility index (Phi) is 3.58. The van der Waals surface area contributed by atoms with E-state index in [1.807, 2.05) is 0 Å². The summed E-state index contributed by atoms with van der Waals surface area (Å²) in [6, 6.07) is 0. The summed E-state index contributed by atoms with van der Waals surface area (Å²) in [5.74, 6) is 2.19. The number of rotatable bonds is 1. The van der Waals surface area contributed by atoms with Gasteiger partial charge in [-0.15, -0.1) is 0 Å². The Bertz CT molecular complexity index is 658. The summed E-state index contributed by atoms with van der Waals surface area (Å²) in [7, 11) is 0. The van der Waals surface area contributed by atoms with Gasteiger partial charge in [0, 0.05) is 24.3 Å². The van der Waals surface area contributed by atoms with Crippen LogP contribution in [0, 0.1) is 28.6 Å². The van der Waals surface area contributed by atoms with Crippen molar-refractivity contribution in [2.45, 2.75) is 59.0 Å². The molecule has 3 nitrogen and oxygen atoms in total. The zero-order valence-electron chi connectivity index (χ0n) is 14.9. The number of carbonyl (C=O) groups excluding carboxylic acids is 1. The third-order valence-electron chi connectivity index (χ3n) is 7.45. The number of aliphatic hydroxyl groups is 1. The quantitative estimate of drug-likeness (QED) is 0.581. The first kappa shape index (κ1) is 16.1. The molecule has 4 rings (SSSR count). The van der Waals surface area contributed by atoms with Crippen molar-refractivity contribution >= 4 is 5.97 Å². The lowest BCUT2D eigenvalue weighted by Crippen LogP contribution is -2.49. The molecule has 0 radical (unpaired) electrons. The van der Waals surface area contributed by atoms with Crippen molar-refractivity contribution < 1.29 is 14.6 Å². The third kappa shape index (κ3) is 2.10. The first-order valence-electron chi connectivity index (χ1n) is 9.32. The summed E-state index contributed by atoms with van der Waals surface area (Å²) in [5, 5.41) is 10.5. The maximum Gasteiger partial charge on any atom is 0.307 e. The van der Waals surface area contributed by atoms with Crippen LogP contribution in [0.3, 0.4) is 0 Å². The topological polar surface area (TPSA) is 46.5 Å². The molecule has 6 atom stereocenters. The molecule has 1 N–H and O–H groups in total. The van der Waals surface area contributed by atoms with Crippen LogP contribution in [0.5, 0.6) is 0 Å². The zero-order valence-corrected chi connectivity index (χ0v) is 14.9. The van der Waals surface area contributed by atoms with Gasteiger partial charge in [0.1, 0.15) is 5.76 Å². The molecule has 130 valence electrons. The molecule has 0 bridgehead atoms. The van der Waals surface area contributed by atoms with E-state index in [0.717, 1.165) is 31.4 Å². The molecule has 0 unspecified atom stereocenters. The number of hydrogen-bond donors (Lipinski definition) is 1. The number of esters is 1. The lowest BCUT2D eigenvalue weighted by atomic mass is 9.50. The van der Waals surface area contributed by atoms with E-state index in [9.17, 15) is 9.90 Å². The molecule has 0 aliphatic heterocycles. The summed E-state index contributed by atoms with van der Waals surface area (Å²) in [6.07, 6.45) is 13.9. The maximum atomic E-state index is 11.5. The first-order valence-corrected chi connectivity index (χ1v) is 9.32. The molecule has 0 amide bonds. The van der Waals surface area contributed by atoms with Gasteiger partial charge < -0.3 is 9.84 Å². The van der Waals surface area contributed by atoms with E-state index in [-0.39, 0.29) is 22.9 Å². The van der Waals surface area contributed by atoms with E-state index in [0.29, 0.717) is 24.2 Å². The predicted molar refractivity (Wildman–Crippen MR) is 92.8 cm³/mol. The minimum atomic E-state index is -0.235. The summed E-state index contributed by atoms with van der Waals surface area (Å²) in [5.41, 5.74) is 1.20. The summed E-state index contributed by atoms with van der Waals surface area (Å²) in [6.45, 7) is 6.06. The van der Waals surface area contributed by atoms with Gasteiger partial charge in [-0.1, -0.05) is 38.2 Å². The van der Waals surface area contributed by atoms with Crippen LogP contribution >= 0.6 is 0 Å². The Labute approximate surface area is 144 Å². The van der Waals surface area contributed by atoms with E-state index in [4.69, 9.17) is 4.74 Å². The van der Waals surface area contributed by atoms with Crippen molar-refractivity contribution in [1.29, 1.82) is 0 Å². The second-order valence-corrected chi connectivity index (χ2v) is 8.61. The van der Waals surface area contributed by atoms with Gasteiger partial charge in [0.05, 0.1) is 6.10 Å². The van der Waals surface area contributed by atoms with Crippen LogP contribution in [-0.4, -0.2) is 17.2 Å². The van der Waals surface area contributed by atoms with Crippen LogP contribution in [0.25, 0.3) is 0 Å². The first-order chi connectivity index (χ1) is 11.4. The highest BCUT2D eigenvalue weighted by Crippen LogP contribution is 2.63. The van der Waals surface area contributed by atoms with Crippen molar-refractivity contribution in [3.05, 3.63) is 35.6 Å². The molecule has 0 spiro atoms. The molecule has 0 heterocycles. The van der Waals surface area contributed by atoms with Crippen LogP contribution in [-0.2, 0) is 9.53 Å². The van der Waals surface area contributed by atoms with Crippen molar-refractivity contribution in [2.75, 3.05) is 0 Å². The molecule has 24 heavy (non-hydrogen) atoms. The standard InChI is InChI=1S/C21H28O3/c1-13(22)24-18-5-4-11-20(2)16-10-12-21(3)15(8-9-19(21)23)14(16)6-7-17(18)20/h4,6-7,11,14-16,19,23H,5,8-10,12H2,1-3H3/t14-,15-,16-,19-,20+,21-/m0/s1. The smallest absolute Gasteiger partial charge is 0.307 e. The second kappa shape index (κ2) is 5.32. The Hall–Kier alpha value is -1.35. The lowest BCUT2D eigenvalue weighted by Gasteiger charge is -2.54. The van der Waals surface area contributed by atoms with Crippen molar-refractivity contribution in [3.8, 4) is 0 Å². The van der Waals surface area contributed by atoms with Gasteiger partial charge >= 0.3 is 5.97 Å². The van der Waals surface area contributed by atoms with Gasteiger partial charge in [-0.25, -0.2) is 0 Å². The molecule has 4 aliphatic carbocycles. The van der Waals surface area contributed by atoms with Gasteiger partial charge in [0.15, 0.2) is 0 Å². The molecular weight excluding hydrogens is 300 g/mol. The summed E-state index contributed by atoms with van der Waals surface area (Å²) < 4.78 is 5.53. The molecule has 4 aliphatic rings. The fraction of sp³-hybridized carbons (Fsp3) is 0.667. The SMILES string of the molecule is CC(=O)OC1=C2C=C[C@H]3[C@@H]4CC[C@H](O)[C@@]4(C)CC[C@@H]3[C@@]2(C)C=CC1. The van der Waals surface area contributed by atoms with Gasteiger partial charge in [-0.05, 0) is 48.9 Å². The van der Waals surface area contributed by atoms with E-state index < -0.39 is 0 Å². The number of hydrogen-bond acceptors (Lipinski definition) is 3. The Balaban J connectivity index is 1.75. The predicted octanol–water partition coefficient (Wildman–Crippen LogP) is 4.14. The Morgan fingerprint density at radius 1 is 1.25 bits per heavy atom. The van der Waals surface area contributed by atoms with E-state index in [1.54, 1.807) is 0 Å². The number of fused-ring (bicyclic) bond motifs is 5. The molecule has 0 aromatic heterocycles. The van der Waals surface area contributed by atoms with E-state index in [2.05, 4.69) is 38.2 Å². The van der Waals surface area contributed by atoms with Gasteiger partial charge in [0.25, 0.3) is 0 Å². The number of carbonyl (C=O) groups is 1. The van der Waals surface area contributed by atoms with Crippen molar-refractivity contribution in [3.63, 3.8) is 0 Å². The highest BCUT2D eigenvalue weighted by atomic mass is 16.5. The minimum absolute atomic E-state index is 0.0582. The largest absolute Gasteiger partial charge is 0.431 e. The fourth-order valence-corrected chi connectivity index (χ4v) is 6.12. The van der Waals surface area contributed by atoms with Crippen LogP contribution < -0.4 is 0 Å². The molecule has 0 aromatic carbocycles. The Morgan fingerprint density at radius 2 is 2.04 bits per heavy atom. The zero-order chi connectivity index (χ0) is 17.1. The van der Waals surface area contributed by atoms with Gasteiger partial charge in [-0.3, -0.25) is 4.79 Å². The van der Waals surface area contributed by atoms with E-state index in [1.165, 1.54) is 12.5 Å². The molecule has 2 fully saturated rings. The summed E-state index contributed by atoms with van der Waals surface area (Å²) in [4.78, 5) is 11.5. The maximum absolute atomic E-state index is 11.5. The highest BCUT2D eigenvalue weighted by Gasteiger charge is 2.57. The minimum Gasteiger partial charge on any atom is -0.431 e. The normalized spacial score (nSPS) is 46.3. The Morgan fingerprint density at radius 3 is 2.79 bits per heavy atom. The van der Waals surface area contributed by atoms with Crippen LogP contribution in [0.1, 0.15) is 52.9 Å². The van der Waals surface area contributed by atoms with Crippen LogP contribution in [0.15, 0.2) is 35.6 Å². The molecular formula is C21H28O3. The monoisotopic (exact) mass is 328 g/mol.